The van der Waals surface area contributed by atoms with E-state index in [1.165, 1.54) is 24.0 Å². The van der Waals surface area contributed by atoms with Crippen LogP contribution in [0, 0.1) is 0 Å². The molecular formula is C13H22N4O3S. The largest absolute Gasteiger partial charge is 0.356 e. The van der Waals surface area contributed by atoms with E-state index in [1.54, 1.807) is 11.4 Å². The minimum atomic E-state index is -3.50. The number of carbonyl (C=O) groups excluding carboxylic acids is 1. The van der Waals surface area contributed by atoms with E-state index in [1.807, 2.05) is 0 Å². The number of hydrogen-bond donors (Lipinski definition) is 1. The van der Waals surface area contributed by atoms with E-state index < -0.39 is 10.0 Å². The van der Waals surface area contributed by atoms with Crippen molar-refractivity contribution in [1.29, 1.82) is 0 Å². The van der Waals surface area contributed by atoms with Gasteiger partial charge in [-0.1, -0.05) is 6.42 Å². The van der Waals surface area contributed by atoms with Crippen molar-refractivity contribution in [1.82, 2.24) is 19.4 Å². The summed E-state index contributed by atoms with van der Waals surface area (Å²) < 4.78 is 28.4. The maximum Gasteiger partial charge on any atom is 0.246 e. The minimum Gasteiger partial charge on any atom is -0.356 e. The van der Waals surface area contributed by atoms with Gasteiger partial charge in [0.1, 0.15) is 4.90 Å². The molecule has 2 rings (SSSR count). The summed E-state index contributed by atoms with van der Waals surface area (Å²) in [6.07, 6.45) is 6.27. The van der Waals surface area contributed by atoms with Crippen LogP contribution < -0.4 is 5.32 Å². The first-order chi connectivity index (χ1) is 9.91. The SMILES string of the molecule is CC(=O)NCCC1CCCCN1S(=O)(=O)c1cnn(C)c1. The zero-order valence-electron chi connectivity index (χ0n) is 12.4. The van der Waals surface area contributed by atoms with Crippen molar-refractivity contribution >= 4 is 15.9 Å². The van der Waals surface area contributed by atoms with Crippen molar-refractivity contribution in [3.05, 3.63) is 12.4 Å². The number of aromatic nitrogens is 2. The van der Waals surface area contributed by atoms with Crippen LogP contribution in [0.25, 0.3) is 0 Å². The van der Waals surface area contributed by atoms with Crippen LogP contribution in [0.15, 0.2) is 17.3 Å². The molecule has 8 heteroatoms. The van der Waals surface area contributed by atoms with Gasteiger partial charge in [-0.3, -0.25) is 9.48 Å². The Labute approximate surface area is 125 Å². The van der Waals surface area contributed by atoms with E-state index in [0.29, 0.717) is 19.5 Å². The molecule has 1 N–H and O–H groups in total. The molecule has 1 aliphatic rings. The van der Waals surface area contributed by atoms with Gasteiger partial charge < -0.3 is 5.32 Å². The molecule has 0 bridgehead atoms. The first kappa shape index (κ1) is 16.0. The number of piperidine rings is 1. The fraction of sp³-hybridized carbons (Fsp3) is 0.692. The molecule has 21 heavy (non-hydrogen) atoms. The Hall–Kier alpha value is -1.41. The number of aryl methyl sites for hydroxylation is 1. The second-order valence-corrected chi connectivity index (χ2v) is 7.28. The van der Waals surface area contributed by atoms with Crippen LogP contribution in [0.2, 0.25) is 0 Å². The van der Waals surface area contributed by atoms with E-state index in [-0.39, 0.29) is 16.8 Å². The molecule has 0 aliphatic carbocycles. The molecule has 7 nitrogen and oxygen atoms in total. The molecule has 2 heterocycles. The van der Waals surface area contributed by atoms with Crippen molar-refractivity contribution in [2.75, 3.05) is 13.1 Å². The average molecular weight is 314 g/mol. The number of amides is 1. The number of sulfonamides is 1. The average Bonchev–Trinajstić information content (AvgIpc) is 2.86. The second kappa shape index (κ2) is 6.57. The fourth-order valence-electron chi connectivity index (χ4n) is 2.66. The number of nitrogens with one attached hydrogen (secondary N) is 1. The number of rotatable bonds is 5. The van der Waals surface area contributed by atoms with Crippen molar-refractivity contribution < 1.29 is 13.2 Å². The third-order valence-corrected chi connectivity index (χ3v) is 5.62. The Morgan fingerprint density at radius 2 is 2.24 bits per heavy atom. The summed E-state index contributed by atoms with van der Waals surface area (Å²) >= 11 is 0. The van der Waals surface area contributed by atoms with Gasteiger partial charge in [-0.05, 0) is 19.3 Å². The van der Waals surface area contributed by atoms with Gasteiger partial charge in [-0.2, -0.15) is 9.40 Å². The molecule has 1 amide bonds. The van der Waals surface area contributed by atoms with Crippen LogP contribution >= 0.6 is 0 Å². The van der Waals surface area contributed by atoms with Crippen LogP contribution in [0.5, 0.6) is 0 Å². The highest BCUT2D eigenvalue weighted by molar-refractivity contribution is 7.89. The van der Waals surface area contributed by atoms with Gasteiger partial charge in [-0.25, -0.2) is 8.42 Å². The molecule has 0 aromatic carbocycles. The van der Waals surface area contributed by atoms with E-state index in [0.717, 1.165) is 19.3 Å². The Bertz CT molecular complexity index is 596. The molecule has 0 radical (unpaired) electrons. The molecule has 1 unspecified atom stereocenters. The molecule has 118 valence electrons. The zero-order valence-corrected chi connectivity index (χ0v) is 13.3. The van der Waals surface area contributed by atoms with Gasteiger partial charge in [0.15, 0.2) is 0 Å². The lowest BCUT2D eigenvalue weighted by Crippen LogP contribution is -2.45. The van der Waals surface area contributed by atoms with Gasteiger partial charge in [0.05, 0.1) is 6.20 Å². The van der Waals surface area contributed by atoms with Crippen LogP contribution in [-0.4, -0.2) is 47.5 Å². The van der Waals surface area contributed by atoms with Crippen LogP contribution in [-0.2, 0) is 21.9 Å². The summed E-state index contributed by atoms with van der Waals surface area (Å²) in [4.78, 5) is 11.2. The van der Waals surface area contributed by atoms with Gasteiger partial charge >= 0.3 is 0 Å². The second-order valence-electron chi connectivity index (χ2n) is 5.39. The highest BCUT2D eigenvalue weighted by atomic mass is 32.2. The minimum absolute atomic E-state index is 0.0594. The Kier molecular flexibility index (Phi) is 5.00. The lowest BCUT2D eigenvalue weighted by Gasteiger charge is -2.34. The molecule has 1 aromatic rings. The summed E-state index contributed by atoms with van der Waals surface area (Å²) in [5.74, 6) is -0.0903. The Morgan fingerprint density at radius 3 is 2.86 bits per heavy atom. The smallest absolute Gasteiger partial charge is 0.246 e. The predicted molar refractivity (Wildman–Crippen MR) is 78.0 cm³/mol. The highest BCUT2D eigenvalue weighted by Crippen LogP contribution is 2.26. The third-order valence-electron chi connectivity index (χ3n) is 3.71. The summed E-state index contributed by atoms with van der Waals surface area (Å²) in [6.45, 7) is 2.49. The van der Waals surface area contributed by atoms with Crippen LogP contribution in [0.3, 0.4) is 0 Å². The van der Waals surface area contributed by atoms with Crippen molar-refractivity contribution in [3.8, 4) is 0 Å². The first-order valence-corrected chi connectivity index (χ1v) is 8.60. The maximum absolute atomic E-state index is 12.7. The molecule has 0 spiro atoms. The summed E-state index contributed by atoms with van der Waals surface area (Å²) in [5, 5.41) is 6.67. The number of carbonyl (C=O) groups is 1. The normalized spacial score (nSPS) is 20.4. The fourth-order valence-corrected chi connectivity index (χ4v) is 4.37. The van der Waals surface area contributed by atoms with Crippen molar-refractivity contribution in [2.24, 2.45) is 7.05 Å². The first-order valence-electron chi connectivity index (χ1n) is 7.16. The topological polar surface area (TPSA) is 84.3 Å². The van der Waals surface area contributed by atoms with Gasteiger partial charge in [-0.15, -0.1) is 0 Å². The lowest BCUT2D eigenvalue weighted by molar-refractivity contribution is -0.119. The van der Waals surface area contributed by atoms with Crippen LogP contribution in [0.1, 0.15) is 32.6 Å². The van der Waals surface area contributed by atoms with E-state index >= 15 is 0 Å². The summed E-state index contributed by atoms with van der Waals surface area (Å²) in [7, 11) is -1.81. The standard InChI is InChI=1S/C13H22N4O3S/c1-11(18)14-7-6-12-5-3-4-8-17(12)21(19,20)13-9-15-16(2)10-13/h9-10,12H,3-8H2,1-2H3,(H,14,18). The van der Waals surface area contributed by atoms with Gasteiger partial charge in [0.25, 0.3) is 0 Å². The van der Waals surface area contributed by atoms with Gasteiger partial charge in [0.2, 0.25) is 15.9 Å². The number of hydrogen-bond acceptors (Lipinski definition) is 4. The summed E-state index contributed by atoms with van der Waals surface area (Å²) in [5.41, 5.74) is 0. The number of nitrogens with zero attached hydrogens (tertiary/aromatic N) is 3. The lowest BCUT2D eigenvalue weighted by atomic mass is 10.0. The van der Waals surface area contributed by atoms with Crippen LogP contribution in [0.4, 0.5) is 0 Å². The molecule has 1 aromatic heterocycles. The highest BCUT2D eigenvalue weighted by Gasteiger charge is 2.33. The van der Waals surface area contributed by atoms with Crippen molar-refractivity contribution in [3.63, 3.8) is 0 Å². The molecule has 1 atom stereocenters. The molecule has 0 saturated carbocycles. The predicted octanol–water partition coefficient (Wildman–Crippen LogP) is 0.489. The van der Waals surface area contributed by atoms with E-state index in [4.69, 9.17) is 0 Å². The quantitative estimate of drug-likeness (QED) is 0.857. The Balaban J connectivity index is 2.12. The zero-order chi connectivity index (χ0) is 15.5. The van der Waals surface area contributed by atoms with Gasteiger partial charge in [0, 0.05) is 39.3 Å². The van der Waals surface area contributed by atoms with E-state index in [2.05, 4.69) is 10.4 Å². The molecular weight excluding hydrogens is 292 g/mol. The monoisotopic (exact) mass is 314 g/mol. The maximum atomic E-state index is 12.7. The molecule has 1 aliphatic heterocycles. The van der Waals surface area contributed by atoms with Crippen molar-refractivity contribution in [2.45, 2.75) is 43.5 Å². The molecule has 1 saturated heterocycles. The summed E-state index contributed by atoms with van der Waals surface area (Å²) in [6, 6.07) is -0.0594. The Morgan fingerprint density at radius 1 is 1.48 bits per heavy atom. The molecule has 1 fully saturated rings. The third kappa shape index (κ3) is 3.82. The van der Waals surface area contributed by atoms with E-state index in [9.17, 15) is 13.2 Å².